The van der Waals surface area contributed by atoms with E-state index in [1.165, 1.54) is 37.8 Å². The van der Waals surface area contributed by atoms with Gasteiger partial charge in [-0.3, -0.25) is 20.2 Å². The van der Waals surface area contributed by atoms with Crippen molar-refractivity contribution in [1.29, 1.82) is 5.41 Å². The molecule has 0 spiro atoms. The van der Waals surface area contributed by atoms with Crippen LogP contribution >= 0.6 is 0 Å². The molecular formula is C26H27F2N7O5. The van der Waals surface area contributed by atoms with Gasteiger partial charge in [0.25, 0.3) is 5.97 Å². The molecule has 12 nitrogen and oxygen atoms in total. The van der Waals surface area contributed by atoms with Crippen molar-refractivity contribution in [2.75, 3.05) is 20.4 Å². The maximum atomic E-state index is 15.7. The fraction of sp³-hybridized carbons (Fsp3) is 0.231. The van der Waals surface area contributed by atoms with Crippen molar-refractivity contribution in [3.05, 3.63) is 93.8 Å². The molecule has 0 amide bonds. The summed E-state index contributed by atoms with van der Waals surface area (Å²) in [6.45, 7) is -0.0490. The quantitative estimate of drug-likeness (QED) is 0.169. The van der Waals surface area contributed by atoms with Gasteiger partial charge >= 0.3 is 5.69 Å². The lowest BCUT2D eigenvalue weighted by molar-refractivity contribution is -0.134. The third kappa shape index (κ3) is 7.46. The van der Waals surface area contributed by atoms with Gasteiger partial charge in [0.1, 0.15) is 30.7 Å². The second-order valence-electron chi connectivity index (χ2n) is 8.24. The summed E-state index contributed by atoms with van der Waals surface area (Å²) in [4.78, 5) is 32.5. The van der Waals surface area contributed by atoms with Crippen molar-refractivity contribution in [1.82, 2.24) is 24.7 Å². The molecule has 5 N–H and O–H groups in total. The maximum Gasteiger partial charge on any atom is 0.349 e. The summed E-state index contributed by atoms with van der Waals surface area (Å²) < 4.78 is 40.0. The molecule has 0 aliphatic carbocycles. The molecule has 0 saturated carbocycles. The molecule has 0 aliphatic heterocycles. The lowest BCUT2D eigenvalue weighted by Gasteiger charge is -2.19. The Morgan fingerprint density at radius 1 is 1.25 bits per heavy atom. The van der Waals surface area contributed by atoms with Gasteiger partial charge in [0.05, 0.1) is 19.2 Å². The number of carboxylic acid groups (broad SMARTS) is 1. The highest BCUT2D eigenvalue weighted by Gasteiger charge is 2.27. The van der Waals surface area contributed by atoms with E-state index in [2.05, 4.69) is 20.1 Å². The van der Waals surface area contributed by atoms with E-state index in [1.807, 2.05) is 0 Å². The number of amidine groups is 1. The lowest BCUT2D eigenvalue weighted by atomic mass is 9.90. The molecule has 210 valence electrons. The van der Waals surface area contributed by atoms with Gasteiger partial charge in [-0.1, -0.05) is 24.3 Å². The van der Waals surface area contributed by atoms with Gasteiger partial charge in [-0.2, -0.15) is 4.68 Å². The number of aliphatic carboxylic acids is 1. The van der Waals surface area contributed by atoms with E-state index in [1.54, 1.807) is 24.3 Å². The summed E-state index contributed by atoms with van der Waals surface area (Å²) in [5, 5.41) is 19.4. The molecule has 4 rings (SSSR count). The van der Waals surface area contributed by atoms with Crippen LogP contribution < -0.4 is 20.9 Å². The molecule has 0 radical (unpaired) electrons. The van der Waals surface area contributed by atoms with Crippen LogP contribution in [0.3, 0.4) is 0 Å². The number of hydrogen-bond donors (Lipinski definition) is 4. The number of alkyl halides is 1. The first kappa shape index (κ1) is 29.4. The highest BCUT2D eigenvalue weighted by molar-refractivity contribution is 5.94. The highest BCUT2D eigenvalue weighted by Crippen LogP contribution is 2.36. The number of benzene rings is 2. The minimum atomic E-state index is -0.833. The fourth-order valence-corrected chi connectivity index (χ4v) is 3.68. The number of hydrogen-bond acceptors (Lipinski definition) is 8. The fourth-order valence-electron chi connectivity index (χ4n) is 3.68. The number of ether oxygens (including phenoxy) is 2. The van der Waals surface area contributed by atoms with E-state index < -0.39 is 30.1 Å². The number of carboxylic acids is 1. The molecule has 0 saturated heterocycles. The smallest absolute Gasteiger partial charge is 0.349 e. The van der Waals surface area contributed by atoms with Crippen molar-refractivity contribution in [3.8, 4) is 17.3 Å². The molecule has 0 bridgehead atoms. The number of aromatic nitrogens is 5. The molecule has 2 heterocycles. The molecule has 0 aliphatic rings. The van der Waals surface area contributed by atoms with Crippen molar-refractivity contribution in [3.63, 3.8) is 0 Å². The minimum Gasteiger partial charge on any atom is -0.497 e. The first-order valence-corrected chi connectivity index (χ1v) is 11.8. The topological polar surface area (TPSA) is 182 Å². The molecule has 1 atom stereocenters. The van der Waals surface area contributed by atoms with E-state index in [9.17, 15) is 9.18 Å². The van der Waals surface area contributed by atoms with Gasteiger partial charge in [0.15, 0.2) is 17.4 Å². The second kappa shape index (κ2) is 13.6. The number of H-pyrrole nitrogens is 1. The van der Waals surface area contributed by atoms with Gasteiger partial charge in [0.2, 0.25) is 0 Å². The van der Waals surface area contributed by atoms with E-state index in [0.717, 1.165) is 17.2 Å². The zero-order valence-electron chi connectivity index (χ0n) is 21.6. The Morgan fingerprint density at radius 3 is 2.52 bits per heavy atom. The van der Waals surface area contributed by atoms with Crippen molar-refractivity contribution >= 4 is 11.8 Å². The molecule has 14 heteroatoms. The number of halogens is 2. The summed E-state index contributed by atoms with van der Waals surface area (Å²) in [6.07, 6.45) is 4.45. The van der Waals surface area contributed by atoms with Crippen molar-refractivity contribution in [2.45, 2.75) is 19.3 Å². The van der Waals surface area contributed by atoms with Crippen LogP contribution in [0.25, 0.3) is 5.82 Å². The number of nitrogen functional groups attached to an aromatic ring is 1. The van der Waals surface area contributed by atoms with Gasteiger partial charge in [-0.15, -0.1) is 5.10 Å². The highest BCUT2D eigenvalue weighted by atomic mass is 19.1. The molecule has 40 heavy (non-hydrogen) atoms. The van der Waals surface area contributed by atoms with Crippen LogP contribution in [0.15, 0.2) is 59.8 Å². The summed E-state index contributed by atoms with van der Waals surface area (Å²) in [5.74, 6) is -2.01. The van der Waals surface area contributed by atoms with Gasteiger partial charge in [-0.05, 0) is 18.1 Å². The average Bonchev–Trinajstić information content (AvgIpc) is 3.33. The van der Waals surface area contributed by atoms with Crippen LogP contribution in [-0.4, -0.2) is 62.0 Å². The van der Waals surface area contributed by atoms with Crippen molar-refractivity contribution in [2.24, 2.45) is 5.73 Å². The van der Waals surface area contributed by atoms with E-state index in [0.29, 0.717) is 5.56 Å². The van der Waals surface area contributed by atoms with Crippen LogP contribution in [0, 0.1) is 11.2 Å². The Labute approximate surface area is 226 Å². The standard InChI is InChI=1S/C24H23F2N7O3.C2H4O2/c1-35-16-11-17(21(26)19(12-16)36-9-6-25)18(10-14-2-4-15(5-3-14)22(27)28)23-31-24(34)33(32-23)20-13-29-7-8-30-20;1-2(3)4/h2-5,7-8,11-13,18H,6,9-10H2,1H3,(H3,27,28)(H,31,32,34);1H3,(H,3,4). The van der Waals surface area contributed by atoms with Crippen LogP contribution in [0.2, 0.25) is 0 Å². The van der Waals surface area contributed by atoms with Crippen LogP contribution in [0.4, 0.5) is 8.78 Å². The van der Waals surface area contributed by atoms with Crippen LogP contribution in [0.1, 0.15) is 35.4 Å². The summed E-state index contributed by atoms with van der Waals surface area (Å²) >= 11 is 0. The van der Waals surface area contributed by atoms with Gasteiger partial charge < -0.3 is 20.3 Å². The Hall–Kier alpha value is -5.14. The third-order valence-electron chi connectivity index (χ3n) is 5.42. The summed E-state index contributed by atoms with van der Waals surface area (Å²) in [6, 6.07) is 9.65. The SMILES string of the molecule is CC(=O)O.COc1cc(OCCF)c(F)c(C(Cc2ccc(C(=N)N)cc2)c2nn(-c3cnccn3)c(=O)[nH]2)c1. The third-order valence-corrected chi connectivity index (χ3v) is 5.42. The molecule has 1 unspecified atom stereocenters. The zero-order chi connectivity index (χ0) is 29.2. The first-order chi connectivity index (χ1) is 19.1. The van der Waals surface area contributed by atoms with Crippen LogP contribution in [-0.2, 0) is 11.2 Å². The zero-order valence-corrected chi connectivity index (χ0v) is 21.6. The monoisotopic (exact) mass is 555 g/mol. The molecule has 2 aromatic carbocycles. The van der Waals surface area contributed by atoms with E-state index in [-0.39, 0.29) is 47.6 Å². The number of nitrogens with two attached hydrogens (primary N) is 1. The Balaban J connectivity index is 0.00000103. The molecule has 2 aromatic heterocycles. The summed E-state index contributed by atoms with van der Waals surface area (Å²) in [7, 11) is 1.41. The molecular weight excluding hydrogens is 528 g/mol. The number of rotatable bonds is 10. The molecule has 4 aromatic rings. The number of nitrogens with zero attached hydrogens (tertiary/aromatic N) is 4. The normalized spacial score (nSPS) is 11.2. The van der Waals surface area contributed by atoms with Gasteiger partial charge in [0, 0.05) is 36.5 Å². The Kier molecular flexibility index (Phi) is 10.00. The summed E-state index contributed by atoms with van der Waals surface area (Å²) in [5.41, 5.74) is 6.38. The number of aromatic amines is 1. The van der Waals surface area contributed by atoms with Crippen LogP contribution in [0.5, 0.6) is 11.5 Å². The average molecular weight is 556 g/mol. The number of nitrogens with one attached hydrogen (secondary N) is 2. The van der Waals surface area contributed by atoms with E-state index in [4.69, 9.17) is 30.5 Å². The second-order valence-corrected chi connectivity index (χ2v) is 8.24. The lowest BCUT2D eigenvalue weighted by Crippen LogP contribution is -2.17. The Morgan fingerprint density at radius 2 is 1.95 bits per heavy atom. The van der Waals surface area contributed by atoms with Crippen molar-refractivity contribution < 1.29 is 28.2 Å². The largest absolute Gasteiger partial charge is 0.497 e. The minimum absolute atomic E-state index is 0.0846. The predicted octanol–water partition coefficient (Wildman–Crippen LogP) is 2.60. The van der Waals surface area contributed by atoms with E-state index >= 15 is 4.39 Å². The Bertz CT molecular complexity index is 1500. The maximum absolute atomic E-state index is 15.7. The first-order valence-electron chi connectivity index (χ1n) is 11.8. The number of carbonyl (C=O) groups is 1. The number of methoxy groups -OCH3 is 1. The molecule has 0 fully saturated rings. The van der Waals surface area contributed by atoms with Gasteiger partial charge in [-0.25, -0.2) is 18.6 Å². The predicted molar refractivity (Wildman–Crippen MR) is 141 cm³/mol.